The van der Waals surface area contributed by atoms with Crippen molar-refractivity contribution in [1.29, 1.82) is 0 Å². The Balaban J connectivity index is 2.73. The summed E-state index contributed by atoms with van der Waals surface area (Å²) >= 11 is 0. The Morgan fingerprint density at radius 1 is 1.42 bits per heavy atom. The third-order valence-electron chi connectivity index (χ3n) is 2.16. The topological polar surface area (TPSA) is 91.4 Å². The molecule has 1 heterocycles. The Morgan fingerprint density at radius 2 is 2.05 bits per heavy atom. The highest BCUT2D eigenvalue weighted by molar-refractivity contribution is 5.69. The second-order valence-electron chi connectivity index (χ2n) is 5.01. The highest BCUT2D eigenvalue weighted by Gasteiger charge is 2.16. The molecule has 104 valence electrons. The van der Waals surface area contributed by atoms with Crippen molar-refractivity contribution in [3.63, 3.8) is 0 Å². The van der Waals surface area contributed by atoms with E-state index in [-0.39, 0.29) is 18.7 Å². The highest BCUT2D eigenvalue weighted by Crippen LogP contribution is 2.10. The SMILES string of the molecule is CC(C)(C)OC(=O)CCn1cc([N+](=O)[O-])ccc1=O. The van der Waals surface area contributed by atoms with Crippen molar-refractivity contribution in [2.24, 2.45) is 0 Å². The van der Waals surface area contributed by atoms with Crippen molar-refractivity contribution in [1.82, 2.24) is 4.57 Å². The molecule has 0 amide bonds. The number of aryl methyl sites for hydroxylation is 1. The van der Waals surface area contributed by atoms with E-state index in [1.54, 1.807) is 20.8 Å². The molecule has 1 aromatic rings. The van der Waals surface area contributed by atoms with Gasteiger partial charge in [-0.05, 0) is 20.8 Å². The van der Waals surface area contributed by atoms with E-state index in [1.165, 1.54) is 0 Å². The first-order valence-electron chi connectivity index (χ1n) is 5.76. The lowest BCUT2D eigenvalue weighted by molar-refractivity contribution is -0.385. The van der Waals surface area contributed by atoms with E-state index in [0.29, 0.717) is 0 Å². The molecule has 1 rings (SSSR count). The first-order valence-corrected chi connectivity index (χ1v) is 5.76. The van der Waals surface area contributed by atoms with Crippen LogP contribution in [0, 0.1) is 10.1 Å². The van der Waals surface area contributed by atoms with Gasteiger partial charge in [0.2, 0.25) is 0 Å². The van der Waals surface area contributed by atoms with Gasteiger partial charge in [0, 0.05) is 18.7 Å². The van der Waals surface area contributed by atoms with Gasteiger partial charge in [0.05, 0.1) is 17.5 Å². The summed E-state index contributed by atoms with van der Waals surface area (Å²) < 4.78 is 6.22. The van der Waals surface area contributed by atoms with Crippen LogP contribution in [0.1, 0.15) is 27.2 Å². The molecule has 1 aromatic heterocycles. The average molecular weight is 268 g/mol. The minimum atomic E-state index is -0.594. The van der Waals surface area contributed by atoms with Gasteiger partial charge in [-0.25, -0.2) is 0 Å². The third-order valence-corrected chi connectivity index (χ3v) is 2.16. The molecule has 0 saturated heterocycles. The van der Waals surface area contributed by atoms with Gasteiger partial charge in [-0.1, -0.05) is 0 Å². The van der Waals surface area contributed by atoms with Gasteiger partial charge in [0.25, 0.3) is 11.2 Å². The van der Waals surface area contributed by atoms with Gasteiger partial charge >= 0.3 is 5.97 Å². The molecule has 0 unspecified atom stereocenters. The minimum Gasteiger partial charge on any atom is -0.460 e. The van der Waals surface area contributed by atoms with Gasteiger partial charge in [-0.3, -0.25) is 19.7 Å². The maximum absolute atomic E-state index is 11.5. The van der Waals surface area contributed by atoms with Gasteiger partial charge in [-0.2, -0.15) is 0 Å². The van der Waals surface area contributed by atoms with Crippen molar-refractivity contribution in [3.05, 3.63) is 38.8 Å². The molecule has 0 N–H and O–H groups in total. The summed E-state index contributed by atoms with van der Waals surface area (Å²) in [5.41, 5.74) is -1.18. The van der Waals surface area contributed by atoms with E-state index in [2.05, 4.69) is 0 Å². The first-order chi connectivity index (χ1) is 8.69. The van der Waals surface area contributed by atoms with Crippen molar-refractivity contribution < 1.29 is 14.5 Å². The maximum atomic E-state index is 11.5. The standard InChI is InChI=1S/C12H16N2O5/c1-12(2,3)19-11(16)6-7-13-8-9(14(17)18)4-5-10(13)15/h4-5,8H,6-7H2,1-3H3. The number of hydrogen-bond acceptors (Lipinski definition) is 5. The van der Waals surface area contributed by atoms with E-state index in [1.807, 2.05) is 0 Å². The van der Waals surface area contributed by atoms with Crippen LogP contribution >= 0.6 is 0 Å². The van der Waals surface area contributed by atoms with Gasteiger partial charge in [0.1, 0.15) is 5.60 Å². The molecule has 7 nitrogen and oxygen atoms in total. The molecule has 0 aromatic carbocycles. The van der Waals surface area contributed by atoms with Crippen LogP contribution in [0.5, 0.6) is 0 Å². The molecule has 0 fully saturated rings. The Kier molecular flexibility index (Phi) is 4.42. The minimum absolute atomic E-state index is 0.0155. The van der Waals surface area contributed by atoms with E-state index >= 15 is 0 Å². The predicted octanol–water partition coefficient (Wildman–Crippen LogP) is 1.49. The first kappa shape index (κ1) is 14.9. The molecule has 0 atom stereocenters. The zero-order valence-corrected chi connectivity index (χ0v) is 11.1. The van der Waals surface area contributed by atoms with Crippen LogP contribution in [0.25, 0.3) is 0 Å². The summed E-state index contributed by atoms with van der Waals surface area (Å²) in [4.78, 5) is 33.0. The molecule has 0 aliphatic rings. The molecular weight excluding hydrogens is 252 g/mol. The number of hydrogen-bond donors (Lipinski definition) is 0. The zero-order valence-electron chi connectivity index (χ0n) is 11.1. The van der Waals surface area contributed by atoms with Crippen LogP contribution in [0.15, 0.2) is 23.1 Å². The van der Waals surface area contributed by atoms with E-state index in [0.717, 1.165) is 22.9 Å². The Morgan fingerprint density at radius 3 is 2.58 bits per heavy atom. The molecule has 0 bridgehead atoms. The van der Waals surface area contributed by atoms with Crippen LogP contribution in [0.3, 0.4) is 0 Å². The fourth-order valence-electron chi connectivity index (χ4n) is 1.41. The van der Waals surface area contributed by atoms with Crippen molar-refractivity contribution in [3.8, 4) is 0 Å². The number of esters is 1. The number of nitrogens with zero attached hydrogens (tertiary/aromatic N) is 2. The molecule has 19 heavy (non-hydrogen) atoms. The quantitative estimate of drug-likeness (QED) is 0.468. The number of aromatic nitrogens is 1. The fourth-order valence-corrected chi connectivity index (χ4v) is 1.41. The maximum Gasteiger partial charge on any atom is 0.308 e. The summed E-state index contributed by atoms with van der Waals surface area (Å²) in [5, 5.41) is 10.6. The van der Waals surface area contributed by atoms with Crippen molar-refractivity contribution >= 4 is 11.7 Å². The van der Waals surface area contributed by atoms with Gasteiger partial charge < -0.3 is 9.30 Å². The third kappa shape index (κ3) is 4.90. The van der Waals surface area contributed by atoms with Crippen molar-refractivity contribution in [2.45, 2.75) is 39.3 Å². The van der Waals surface area contributed by atoms with E-state index in [4.69, 9.17) is 4.74 Å². The Hall–Kier alpha value is -2.18. The molecule has 0 aliphatic carbocycles. The molecule has 0 radical (unpaired) electrons. The average Bonchev–Trinajstić information content (AvgIpc) is 2.25. The molecule has 0 aliphatic heterocycles. The Labute approximate surface area is 110 Å². The number of nitro groups is 1. The fraction of sp³-hybridized carbons (Fsp3) is 0.500. The molecule has 0 saturated carbocycles. The lowest BCUT2D eigenvalue weighted by Crippen LogP contribution is -2.26. The number of carbonyl (C=O) groups is 1. The van der Waals surface area contributed by atoms with Gasteiger partial charge in [-0.15, -0.1) is 0 Å². The van der Waals surface area contributed by atoms with Crippen LogP contribution in [0.2, 0.25) is 0 Å². The summed E-state index contributed by atoms with van der Waals surface area (Å²) in [7, 11) is 0. The monoisotopic (exact) mass is 268 g/mol. The summed E-state index contributed by atoms with van der Waals surface area (Å²) in [5.74, 6) is -0.453. The summed E-state index contributed by atoms with van der Waals surface area (Å²) in [6.45, 7) is 5.27. The van der Waals surface area contributed by atoms with Crippen LogP contribution < -0.4 is 5.56 Å². The highest BCUT2D eigenvalue weighted by atomic mass is 16.6. The largest absolute Gasteiger partial charge is 0.460 e. The number of rotatable bonds is 4. The lowest BCUT2D eigenvalue weighted by atomic mass is 10.2. The second-order valence-corrected chi connectivity index (χ2v) is 5.01. The number of ether oxygens (including phenoxy) is 1. The second kappa shape index (κ2) is 5.64. The Bertz CT molecular complexity index is 542. The van der Waals surface area contributed by atoms with Crippen molar-refractivity contribution in [2.75, 3.05) is 0 Å². The van der Waals surface area contributed by atoms with Crippen LogP contribution in [-0.2, 0) is 16.1 Å². The van der Waals surface area contributed by atoms with Gasteiger partial charge in [0.15, 0.2) is 0 Å². The number of carbonyl (C=O) groups excluding carboxylic acids is 1. The predicted molar refractivity (Wildman–Crippen MR) is 67.8 cm³/mol. The van der Waals surface area contributed by atoms with Crippen LogP contribution in [0.4, 0.5) is 5.69 Å². The lowest BCUT2D eigenvalue weighted by Gasteiger charge is -2.19. The molecular formula is C12H16N2O5. The smallest absolute Gasteiger partial charge is 0.308 e. The zero-order chi connectivity index (χ0) is 14.6. The van der Waals surface area contributed by atoms with E-state index < -0.39 is 22.1 Å². The normalized spacial score (nSPS) is 11.1. The molecule has 0 spiro atoms. The summed E-state index contributed by atoms with van der Waals surface area (Å²) in [6.07, 6.45) is 1.10. The number of pyridine rings is 1. The van der Waals surface area contributed by atoms with Crippen LogP contribution in [-0.4, -0.2) is 21.1 Å². The van der Waals surface area contributed by atoms with E-state index in [9.17, 15) is 19.7 Å². The molecule has 7 heteroatoms. The summed E-state index contributed by atoms with van der Waals surface area (Å²) in [6, 6.07) is 2.24.